The Morgan fingerprint density at radius 2 is 2.03 bits per heavy atom. The van der Waals surface area contributed by atoms with Gasteiger partial charge in [-0.2, -0.15) is 0 Å². The van der Waals surface area contributed by atoms with Crippen LogP contribution in [0.25, 0.3) is 11.3 Å². The van der Waals surface area contributed by atoms with Crippen LogP contribution in [0.5, 0.6) is 5.88 Å². The topological polar surface area (TPSA) is 174 Å². The van der Waals surface area contributed by atoms with Gasteiger partial charge in [0.2, 0.25) is 11.8 Å². The SMILES string of the molecule is COc1cccc(-c2cc(F)ccc2C2Cc3nc(N)nc(C)c3C(NOCC3OC(=O)C(O)C3O)=N2)n1. The summed E-state index contributed by atoms with van der Waals surface area (Å²) in [6.07, 6.45) is -3.81. The average molecular weight is 525 g/mol. The highest BCUT2D eigenvalue weighted by molar-refractivity contribution is 6.01. The van der Waals surface area contributed by atoms with E-state index in [2.05, 4.69) is 20.4 Å². The molecule has 4 heterocycles. The standard InChI is InChI=1S/C25H25FN6O6/c1-11-20-17(31-25(27)28-11)9-16(30-23(20)32-37-10-18-21(33)22(34)24(35)38-18)13-7-6-12(26)8-14(13)15-4-3-5-19(29-15)36-2/h3-8,16,18,21-22,33-34H,9-10H2,1-2H3,(H,30,32)(H2,27,28,31). The van der Waals surface area contributed by atoms with Gasteiger partial charge < -0.3 is 25.4 Å². The van der Waals surface area contributed by atoms with E-state index >= 15 is 0 Å². The molecule has 38 heavy (non-hydrogen) atoms. The van der Waals surface area contributed by atoms with Crippen molar-refractivity contribution in [3.63, 3.8) is 0 Å². The fourth-order valence-corrected chi connectivity index (χ4v) is 4.49. The lowest BCUT2D eigenvalue weighted by Crippen LogP contribution is -2.38. The summed E-state index contributed by atoms with van der Waals surface area (Å²) in [5, 5.41) is 19.6. The number of anilines is 1. The van der Waals surface area contributed by atoms with Gasteiger partial charge in [0, 0.05) is 18.1 Å². The molecular weight excluding hydrogens is 499 g/mol. The van der Waals surface area contributed by atoms with Crippen LogP contribution in [-0.4, -0.2) is 69.0 Å². The van der Waals surface area contributed by atoms with Crippen molar-refractivity contribution in [2.75, 3.05) is 19.5 Å². The number of aliphatic imine (C=N–C) groups is 1. The fourth-order valence-electron chi connectivity index (χ4n) is 4.49. The lowest BCUT2D eigenvalue weighted by Gasteiger charge is -2.26. The first kappa shape index (κ1) is 25.4. The predicted molar refractivity (Wildman–Crippen MR) is 131 cm³/mol. The van der Waals surface area contributed by atoms with E-state index in [9.17, 15) is 19.4 Å². The molecule has 5 rings (SSSR count). The van der Waals surface area contributed by atoms with Crippen molar-refractivity contribution in [2.45, 2.75) is 37.7 Å². The maximum absolute atomic E-state index is 14.4. The van der Waals surface area contributed by atoms with Crippen LogP contribution >= 0.6 is 0 Å². The number of hydrogen-bond donors (Lipinski definition) is 4. The molecule has 12 nitrogen and oxygen atoms in total. The number of aryl methyl sites for hydroxylation is 1. The normalized spacial score (nSPS) is 22.4. The van der Waals surface area contributed by atoms with Crippen molar-refractivity contribution >= 4 is 17.8 Å². The van der Waals surface area contributed by atoms with Gasteiger partial charge in [0.05, 0.1) is 35.8 Å². The molecule has 2 aliphatic heterocycles. The van der Waals surface area contributed by atoms with Crippen molar-refractivity contribution in [1.82, 2.24) is 20.4 Å². The molecule has 2 aromatic heterocycles. The number of carbonyl (C=O) groups excluding carboxylic acids is 1. The summed E-state index contributed by atoms with van der Waals surface area (Å²) >= 11 is 0. The maximum atomic E-state index is 14.4. The van der Waals surface area contributed by atoms with E-state index in [1.165, 1.54) is 19.2 Å². The second-order valence-electron chi connectivity index (χ2n) is 8.81. The summed E-state index contributed by atoms with van der Waals surface area (Å²) in [4.78, 5) is 34.9. The number of pyridine rings is 1. The number of esters is 1. The van der Waals surface area contributed by atoms with E-state index in [1.807, 2.05) is 0 Å². The molecule has 198 valence electrons. The van der Waals surface area contributed by atoms with E-state index < -0.39 is 36.1 Å². The number of nitrogens with one attached hydrogen (secondary N) is 1. The number of aliphatic hydroxyl groups excluding tert-OH is 2. The minimum absolute atomic E-state index is 0.0888. The summed E-state index contributed by atoms with van der Waals surface area (Å²) in [5.41, 5.74) is 12.1. The number of ether oxygens (including phenoxy) is 2. The van der Waals surface area contributed by atoms with Crippen LogP contribution in [0.3, 0.4) is 0 Å². The Labute approximate surface area is 216 Å². The number of carbonyl (C=O) groups is 1. The minimum atomic E-state index is -1.64. The highest BCUT2D eigenvalue weighted by Gasteiger charge is 2.43. The first-order valence-electron chi connectivity index (χ1n) is 11.7. The van der Waals surface area contributed by atoms with Crippen molar-refractivity contribution in [3.05, 3.63) is 64.7 Å². The number of rotatable bonds is 6. The van der Waals surface area contributed by atoms with Crippen molar-refractivity contribution < 1.29 is 33.7 Å². The third-order valence-electron chi connectivity index (χ3n) is 6.30. The number of nitrogens with two attached hydrogens (primary N) is 1. The number of hydroxylamine groups is 1. The molecule has 4 atom stereocenters. The average Bonchev–Trinajstić information content (AvgIpc) is 3.14. The molecule has 5 N–H and O–H groups in total. The number of hydrogen-bond acceptors (Lipinski definition) is 12. The van der Waals surface area contributed by atoms with Crippen LogP contribution in [-0.2, 0) is 20.8 Å². The number of halogens is 1. The molecule has 4 unspecified atom stereocenters. The zero-order chi connectivity index (χ0) is 27.0. The van der Waals surface area contributed by atoms with Gasteiger partial charge in [-0.15, -0.1) is 0 Å². The lowest BCUT2D eigenvalue weighted by atomic mass is 9.91. The highest BCUT2D eigenvalue weighted by atomic mass is 19.1. The first-order chi connectivity index (χ1) is 18.2. The molecule has 0 radical (unpaired) electrons. The Morgan fingerprint density at radius 3 is 2.76 bits per heavy atom. The Kier molecular flexibility index (Phi) is 6.89. The summed E-state index contributed by atoms with van der Waals surface area (Å²) in [7, 11) is 1.50. The number of methoxy groups -OCH3 is 1. The van der Waals surface area contributed by atoms with Crippen LogP contribution in [0, 0.1) is 12.7 Å². The summed E-state index contributed by atoms with van der Waals surface area (Å²) < 4.78 is 24.5. The zero-order valence-electron chi connectivity index (χ0n) is 20.5. The third kappa shape index (κ3) is 4.86. The van der Waals surface area contributed by atoms with Gasteiger partial charge in [0.15, 0.2) is 18.0 Å². The Morgan fingerprint density at radius 1 is 1.21 bits per heavy atom. The molecule has 0 saturated carbocycles. The van der Waals surface area contributed by atoms with E-state index in [-0.39, 0.29) is 18.4 Å². The van der Waals surface area contributed by atoms with Crippen LogP contribution in [0.15, 0.2) is 41.4 Å². The summed E-state index contributed by atoms with van der Waals surface area (Å²) in [6.45, 7) is 1.48. The predicted octanol–water partition coefficient (Wildman–Crippen LogP) is 0.789. The number of fused-ring (bicyclic) bond motifs is 1. The van der Waals surface area contributed by atoms with E-state index in [1.54, 1.807) is 31.2 Å². The number of nitrogens with zero attached hydrogens (tertiary/aromatic N) is 4. The Bertz CT molecular complexity index is 1420. The van der Waals surface area contributed by atoms with Crippen LogP contribution in [0.2, 0.25) is 0 Å². The van der Waals surface area contributed by atoms with Crippen molar-refractivity contribution in [3.8, 4) is 17.1 Å². The van der Waals surface area contributed by atoms with E-state index in [4.69, 9.17) is 25.0 Å². The smallest absolute Gasteiger partial charge is 0.338 e. The number of aliphatic hydroxyl groups is 2. The monoisotopic (exact) mass is 524 g/mol. The van der Waals surface area contributed by atoms with Crippen LogP contribution < -0.4 is 16.0 Å². The van der Waals surface area contributed by atoms with Gasteiger partial charge in [-0.25, -0.2) is 29.6 Å². The van der Waals surface area contributed by atoms with Gasteiger partial charge in [-0.3, -0.25) is 9.83 Å². The van der Waals surface area contributed by atoms with Gasteiger partial charge in [0.25, 0.3) is 0 Å². The molecule has 0 aliphatic carbocycles. The van der Waals surface area contributed by atoms with Crippen molar-refractivity contribution in [2.24, 2.45) is 4.99 Å². The molecule has 1 saturated heterocycles. The number of nitrogen functional groups attached to an aromatic ring is 1. The summed E-state index contributed by atoms with van der Waals surface area (Å²) in [5.74, 6) is -0.638. The van der Waals surface area contributed by atoms with Gasteiger partial charge in [-0.1, -0.05) is 12.1 Å². The Hall–Kier alpha value is -4.20. The minimum Gasteiger partial charge on any atom is -0.481 e. The molecule has 2 aliphatic rings. The van der Waals surface area contributed by atoms with E-state index in [0.29, 0.717) is 46.1 Å². The second kappa shape index (κ2) is 10.3. The number of amidine groups is 1. The Balaban J connectivity index is 1.49. The highest BCUT2D eigenvalue weighted by Crippen LogP contribution is 2.36. The van der Waals surface area contributed by atoms with Gasteiger partial charge >= 0.3 is 5.97 Å². The molecule has 13 heteroatoms. The molecule has 0 amide bonds. The molecule has 0 bridgehead atoms. The van der Waals surface area contributed by atoms with Gasteiger partial charge in [0.1, 0.15) is 18.5 Å². The van der Waals surface area contributed by atoms with Crippen molar-refractivity contribution in [1.29, 1.82) is 0 Å². The molecule has 1 fully saturated rings. The maximum Gasteiger partial charge on any atom is 0.338 e. The first-order valence-corrected chi connectivity index (χ1v) is 11.7. The number of benzene rings is 1. The largest absolute Gasteiger partial charge is 0.481 e. The lowest BCUT2D eigenvalue weighted by molar-refractivity contribution is -0.149. The molecule has 1 aromatic carbocycles. The summed E-state index contributed by atoms with van der Waals surface area (Å²) in [6, 6.07) is 9.02. The van der Waals surface area contributed by atoms with Crippen LogP contribution in [0.1, 0.15) is 28.6 Å². The number of aromatic nitrogens is 3. The van der Waals surface area contributed by atoms with Crippen LogP contribution in [0.4, 0.5) is 10.3 Å². The number of cyclic esters (lactones) is 1. The molecule has 0 spiro atoms. The fraction of sp³-hybridized carbons (Fsp3) is 0.320. The molecular formula is C25H25FN6O6. The quantitative estimate of drug-likeness (QED) is 0.265. The third-order valence-corrected chi connectivity index (χ3v) is 6.30. The zero-order valence-corrected chi connectivity index (χ0v) is 20.5. The van der Waals surface area contributed by atoms with E-state index in [0.717, 1.165) is 0 Å². The molecule has 3 aromatic rings. The van der Waals surface area contributed by atoms with Gasteiger partial charge in [-0.05, 0) is 30.7 Å². The second-order valence-corrected chi connectivity index (χ2v) is 8.81.